The number of rotatable bonds is 3. The number of aromatic nitrogens is 1. The second-order valence-corrected chi connectivity index (χ2v) is 6.06. The number of hydrogen-bond donors (Lipinski definition) is 3. The van der Waals surface area contributed by atoms with Crippen LogP contribution >= 0.6 is 0 Å². The minimum absolute atomic E-state index is 0.0256. The summed E-state index contributed by atoms with van der Waals surface area (Å²) in [4.78, 5) is 14.7. The number of aryl methyl sites for hydroxylation is 1. The summed E-state index contributed by atoms with van der Waals surface area (Å²) < 4.78 is 22.8. The second kappa shape index (κ2) is 5.10. The van der Waals surface area contributed by atoms with Crippen molar-refractivity contribution < 1.29 is 13.2 Å². The molecule has 6 nitrogen and oxygen atoms in total. The zero-order valence-corrected chi connectivity index (χ0v) is 11.9. The fourth-order valence-corrected chi connectivity index (χ4v) is 2.40. The molecule has 0 aliphatic rings. The number of nitrogens with one attached hydrogen (secondary N) is 2. The van der Waals surface area contributed by atoms with Crippen LogP contribution < -0.4 is 10.5 Å². The summed E-state index contributed by atoms with van der Waals surface area (Å²) in [5.41, 5.74) is 2.34. The smallest absolute Gasteiger partial charge is 0.272 e. The van der Waals surface area contributed by atoms with Gasteiger partial charge in [0, 0.05) is 11.9 Å². The fourth-order valence-electron chi connectivity index (χ4n) is 1.78. The van der Waals surface area contributed by atoms with Crippen LogP contribution in [-0.4, -0.2) is 19.3 Å². The van der Waals surface area contributed by atoms with Crippen molar-refractivity contribution in [1.82, 2.24) is 4.98 Å². The van der Waals surface area contributed by atoms with Crippen LogP contribution in [0.2, 0.25) is 0 Å². The van der Waals surface area contributed by atoms with Gasteiger partial charge >= 0.3 is 0 Å². The molecule has 0 spiro atoms. The first kappa shape index (κ1) is 14.3. The first-order valence-corrected chi connectivity index (χ1v) is 7.42. The first-order chi connectivity index (χ1) is 9.29. The van der Waals surface area contributed by atoms with Crippen LogP contribution in [0, 0.1) is 13.8 Å². The van der Waals surface area contributed by atoms with Gasteiger partial charge in [-0.25, -0.2) is 13.6 Å². The Labute approximate surface area is 117 Å². The van der Waals surface area contributed by atoms with Crippen molar-refractivity contribution in [2.24, 2.45) is 5.14 Å². The third kappa shape index (κ3) is 2.89. The molecule has 0 saturated carbocycles. The molecule has 2 aromatic rings. The molecule has 0 aliphatic carbocycles. The quantitative estimate of drug-likeness (QED) is 0.799. The summed E-state index contributed by atoms with van der Waals surface area (Å²) in [7, 11) is -3.81. The van der Waals surface area contributed by atoms with Crippen molar-refractivity contribution in [1.29, 1.82) is 0 Å². The summed E-state index contributed by atoms with van der Waals surface area (Å²) in [6, 6.07) is 6.17. The van der Waals surface area contributed by atoms with Crippen molar-refractivity contribution in [3.05, 3.63) is 47.3 Å². The van der Waals surface area contributed by atoms with Gasteiger partial charge in [0.05, 0.1) is 4.90 Å². The molecule has 0 radical (unpaired) electrons. The van der Waals surface area contributed by atoms with Crippen molar-refractivity contribution in [2.45, 2.75) is 18.7 Å². The van der Waals surface area contributed by atoms with E-state index in [1.54, 1.807) is 32.2 Å². The summed E-state index contributed by atoms with van der Waals surface area (Å²) in [5, 5.41) is 7.80. The molecule has 4 N–H and O–H groups in total. The molecule has 0 atom stereocenters. The van der Waals surface area contributed by atoms with E-state index in [0.717, 1.165) is 11.1 Å². The molecule has 1 aromatic heterocycles. The number of sulfonamides is 1. The van der Waals surface area contributed by atoms with Crippen molar-refractivity contribution in [3.8, 4) is 0 Å². The fraction of sp³-hybridized carbons (Fsp3) is 0.154. The molecule has 0 saturated heterocycles. The zero-order chi connectivity index (χ0) is 14.9. The number of amides is 1. The number of primary sulfonamides is 1. The summed E-state index contributed by atoms with van der Waals surface area (Å²) in [6.45, 7) is 3.56. The molecule has 0 unspecified atom stereocenters. The van der Waals surface area contributed by atoms with Crippen LogP contribution in [0.4, 0.5) is 5.69 Å². The lowest BCUT2D eigenvalue weighted by Gasteiger charge is -2.12. The molecular formula is C13H15N3O3S. The molecule has 106 valence electrons. The van der Waals surface area contributed by atoms with Crippen LogP contribution in [0.3, 0.4) is 0 Å². The van der Waals surface area contributed by atoms with Gasteiger partial charge in [0.1, 0.15) is 5.69 Å². The molecule has 20 heavy (non-hydrogen) atoms. The highest BCUT2D eigenvalue weighted by atomic mass is 32.2. The first-order valence-electron chi connectivity index (χ1n) is 5.88. The maximum atomic E-state index is 12.0. The maximum Gasteiger partial charge on any atom is 0.272 e. The molecule has 0 aliphatic heterocycles. The molecule has 0 bridgehead atoms. The van der Waals surface area contributed by atoms with Crippen LogP contribution in [0.1, 0.15) is 21.6 Å². The van der Waals surface area contributed by atoms with Gasteiger partial charge in [0.25, 0.3) is 5.91 Å². The van der Waals surface area contributed by atoms with E-state index in [1.165, 1.54) is 12.1 Å². The Kier molecular flexibility index (Phi) is 3.65. The number of carbonyl (C=O) groups excluding carboxylic acids is 1. The highest BCUT2D eigenvalue weighted by molar-refractivity contribution is 7.89. The van der Waals surface area contributed by atoms with E-state index in [9.17, 15) is 13.2 Å². The van der Waals surface area contributed by atoms with Gasteiger partial charge in [-0.1, -0.05) is 0 Å². The minimum Gasteiger partial charge on any atom is -0.357 e. The summed E-state index contributed by atoms with van der Waals surface area (Å²) in [5.74, 6) is -0.343. The number of carbonyl (C=O) groups is 1. The van der Waals surface area contributed by atoms with E-state index in [0.29, 0.717) is 11.4 Å². The Morgan fingerprint density at radius 2 is 2.00 bits per heavy atom. The third-order valence-electron chi connectivity index (χ3n) is 3.06. The van der Waals surface area contributed by atoms with E-state index in [2.05, 4.69) is 10.3 Å². The van der Waals surface area contributed by atoms with Crippen molar-refractivity contribution in [2.75, 3.05) is 5.32 Å². The number of H-pyrrole nitrogens is 1. The predicted octanol–water partition coefficient (Wildman–Crippen LogP) is 1.53. The molecule has 1 amide bonds. The highest BCUT2D eigenvalue weighted by Crippen LogP contribution is 2.23. The third-order valence-corrected chi connectivity index (χ3v) is 3.95. The van der Waals surface area contributed by atoms with Crippen molar-refractivity contribution in [3.63, 3.8) is 0 Å². The van der Waals surface area contributed by atoms with Crippen LogP contribution in [0.15, 0.2) is 35.4 Å². The molecule has 2 rings (SSSR count). The highest BCUT2D eigenvalue weighted by Gasteiger charge is 2.15. The summed E-state index contributed by atoms with van der Waals surface area (Å²) >= 11 is 0. The Balaban J connectivity index is 2.41. The lowest BCUT2D eigenvalue weighted by Crippen LogP contribution is -2.16. The SMILES string of the molecule is Cc1cc(S(N)(=O)=O)cc(NC(=O)c2ccc[nH]2)c1C. The molecule has 1 aromatic carbocycles. The van der Waals surface area contributed by atoms with Gasteiger partial charge in [-0.2, -0.15) is 0 Å². The van der Waals surface area contributed by atoms with Gasteiger partial charge in [0.15, 0.2) is 0 Å². The van der Waals surface area contributed by atoms with E-state index >= 15 is 0 Å². The molecular weight excluding hydrogens is 278 g/mol. The normalized spacial score (nSPS) is 11.3. The lowest BCUT2D eigenvalue weighted by atomic mass is 10.1. The Morgan fingerprint density at radius 3 is 2.55 bits per heavy atom. The average Bonchev–Trinajstić information content (AvgIpc) is 2.87. The van der Waals surface area contributed by atoms with Crippen molar-refractivity contribution >= 4 is 21.6 Å². The van der Waals surface area contributed by atoms with E-state index in [4.69, 9.17) is 5.14 Å². The Hall–Kier alpha value is -2.12. The monoisotopic (exact) mass is 293 g/mol. The number of nitrogens with two attached hydrogens (primary N) is 1. The largest absolute Gasteiger partial charge is 0.357 e. The van der Waals surface area contributed by atoms with Gasteiger partial charge in [0.2, 0.25) is 10.0 Å². The van der Waals surface area contributed by atoms with Gasteiger partial charge < -0.3 is 10.3 Å². The molecule has 7 heteroatoms. The number of anilines is 1. The van der Waals surface area contributed by atoms with Gasteiger partial charge in [-0.05, 0) is 49.2 Å². The van der Waals surface area contributed by atoms with Crippen LogP contribution in [0.25, 0.3) is 0 Å². The van der Waals surface area contributed by atoms with E-state index in [1.807, 2.05) is 0 Å². The topological polar surface area (TPSA) is 105 Å². The second-order valence-electron chi connectivity index (χ2n) is 4.50. The van der Waals surface area contributed by atoms with E-state index in [-0.39, 0.29) is 10.8 Å². The minimum atomic E-state index is -3.81. The standard InChI is InChI=1S/C13H15N3O3S/c1-8-6-10(20(14,18)19)7-12(9(8)2)16-13(17)11-4-3-5-15-11/h3-7,15H,1-2H3,(H,16,17)(H2,14,18,19). The van der Waals surface area contributed by atoms with Gasteiger partial charge in [-0.15, -0.1) is 0 Å². The van der Waals surface area contributed by atoms with Crippen LogP contribution in [0.5, 0.6) is 0 Å². The number of benzene rings is 1. The summed E-state index contributed by atoms with van der Waals surface area (Å²) in [6.07, 6.45) is 1.63. The Bertz CT molecular complexity index is 749. The lowest BCUT2D eigenvalue weighted by molar-refractivity contribution is 0.102. The number of hydrogen-bond acceptors (Lipinski definition) is 3. The maximum absolute atomic E-state index is 12.0. The molecule has 0 fully saturated rings. The zero-order valence-electron chi connectivity index (χ0n) is 11.1. The predicted molar refractivity (Wildman–Crippen MR) is 76.0 cm³/mol. The van der Waals surface area contributed by atoms with Gasteiger partial charge in [-0.3, -0.25) is 4.79 Å². The molecule has 1 heterocycles. The van der Waals surface area contributed by atoms with Crippen LogP contribution in [-0.2, 0) is 10.0 Å². The average molecular weight is 293 g/mol. The Morgan fingerprint density at radius 1 is 1.30 bits per heavy atom. The van der Waals surface area contributed by atoms with E-state index < -0.39 is 10.0 Å². The number of aromatic amines is 1.